The quantitative estimate of drug-likeness (QED) is 0.478. The molecule has 2 aromatic rings. The summed E-state index contributed by atoms with van der Waals surface area (Å²) in [7, 11) is -0.770. The highest BCUT2D eigenvalue weighted by atomic mass is 79.9. The van der Waals surface area contributed by atoms with Gasteiger partial charge in [-0.15, -0.1) is 0 Å². The van der Waals surface area contributed by atoms with Gasteiger partial charge in [-0.2, -0.15) is 9.57 Å². The molecule has 0 saturated carbocycles. The van der Waals surface area contributed by atoms with Crippen LogP contribution in [0.5, 0.6) is 11.5 Å². The van der Waals surface area contributed by atoms with Crippen LogP contribution in [0.25, 0.3) is 0 Å². The lowest BCUT2D eigenvalue weighted by atomic mass is 10.1. The first-order valence-electron chi connectivity index (χ1n) is 9.12. The Hall–Kier alpha value is -1.80. The first-order valence-corrected chi connectivity index (χ1v) is 12.1. The molecule has 1 unspecified atom stereocenters. The molecular weight excluding hydrogens is 538 g/mol. The maximum Gasteiger partial charge on any atom is 0.244 e. The second kappa shape index (κ2) is 9.56. The van der Waals surface area contributed by atoms with Crippen LogP contribution in [0.2, 0.25) is 0 Å². The Labute approximate surface area is 193 Å². The number of rotatable bonds is 7. The molecule has 3 rings (SSSR count). The molecule has 7 nitrogen and oxygen atoms in total. The van der Waals surface area contributed by atoms with Crippen molar-refractivity contribution in [1.29, 1.82) is 5.26 Å². The van der Waals surface area contributed by atoms with Gasteiger partial charge in [0.1, 0.15) is 11.5 Å². The monoisotopic (exact) mass is 557 g/mol. The van der Waals surface area contributed by atoms with Gasteiger partial charge in [-0.3, -0.25) is 0 Å². The number of benzene rings is 2. The molecule has 0 aliphatic carbocycles. The molecule has 1 heterocycles. The smallest absolute Gasteiger partial charge is 0.244 e. The van der Waals surface area contributed by atoms with E-state index in [0.717, 1.165) is 5.56 Å². The number of likely N-dealkylation sites (tertiary alicyclic amines) is 1. The Morgan fingerprint density at radius 2 is 1.83 bits per heavy atom. The lowest BCUT2D eigenvalue weighted by molar-refractivity contribution is 0.312. The zero-order valence-electron chi connectivity index (χ0n) is 16.5. The summed E-state index contributed by atoms with van der Waals surface area (Å²) < 4.78 is 40.7. The summed E-state index contributed by atoms with van der Waals surface area (Å²) in [5.41, 5.74) is 0.733. The molecule has 0 N–H and O–H groups in total. The van der Waals surface area contributed by atoms with Gasteiger partial charge in [0.25, 0.3) is 0 Å². The topological polar surface area (TPSA) is 82.9 Å². The average molecular weight is 559 g/mol. The predicted octanol–water partition coefficient (Wildman–Crippen LogP) is 3.98. The van der Waals surface area contributed by atoms with Crippen LogP contribution in [0.4, 0.5) is 0 Å². The van der Waals surface area contributed by atoms with Crippen molar-refractivity contribution in [2.75, 3.05) is 27.3 Å². The van der Waals surface area contributed by atoms with E-state index in [-0.39, 0.29) is 17.5 Å². The molecule has 1 aliphatic rings. The van der Waals surface area contributed by atoms with Gasteiger partial charge in [-0.05, 0) is 58.2 Å². The van der Waals surface area contributed by atoms with Gasteiger partial charge in [-0.25, -0.2) is 8.42 Å². The number of sulfonamides is 1. The fourth-order valence-electron chi connectivity index (χ4n) is 3.42. The van der Waals surface area contributed by atoms with Crippen molar-refractivity contribution >= 4 is 41.9 Å². The SMILES string of the molecule is COc1cc(CN(C2CCN(C#N)C2)S(=O)(=O)c2cc(Br)ccc2Br)cc(OC)c1. The van der Waals surface area contributed by atoms with E-state index in [0.29, 0.717) is 40.0 Å². The number of ether oxygens (including phenoxy) is 2. The zero-order valence-corrected chi connectivity index (χ0v) is 20.5. The summed E-state index contributed by atoms with van der Waals surface area (Å²) in [6.45, 7) is 0.996. The Bertz CT molecular complexity index is 1050. The summed E-state index contributed by atoms with van der Waals surface area (Å²) >= 11 is 6.73. The largest absolute Gasteiger partial charge is 0.497 e. The molecule has 0 spiro atoms. The molecule has 0 aromatic heterocycles. The zero-order chi connectivity index (χ0) is 21.9. The van der Waals surface area contributed by atoms with E-state index in [1.165, 1.54) is 4.31 Å². The van der Waals surface area contributed by atoms with Crippen molar-refractivity contribution in [3.8, 4) is 17.7 Å². The van der Waals surface area contributed by atoms with Crippen molar-refractivity contribution in [3.05, 3.63) is 50.9 Å². The molecule has 1 atom stereocenters. The minimum Gasteiger partial charge on any atom is -0.497 e. The van der Waals surface area contributed by atoms with Crippen LogP contribution in [0.1, 0.15) is 12.0 Å². The van der Waals surface area contributed by atoms with Gasteiger partial charge in [0, 0.05) is 40.7 Å². The van der Waals surface area contributed by atoms with Crippen molar-refractivity contribution in [1.82, 2.24) is 9.21 Å². The summed E-state index contributed by atoms with van der Waals surface area (Å²) in [6.07, 6.45) is 2.68. The lowest BCUT2D eigenvalue weighted by Crippen LogP contribution is -2.41. The van der Waals surface area contributed by atoms with Crippen LogP contribution in [-0.4, -0.2) is 51.0 Å². The van der Waals surface area contributed by atoms with E-state index >= 15 is 0 Å². The second-order valence-corrected chi connectivity index (χ2v) is 10.5. The molecule has 1 aliphatic heterocycles. The Morgan fingerprint density at radius 1 is 1.17 bits per heavy atom. The van der Waals surface area contributed by atoms with Crippen LogP contribution >= 0.6 is 31.9 Å². The highest BCUT2D eigenvalue weighted by Gasteiger charge is 2.37. The molecule has 0 radical (unpaired) electrons. The number of methoxy groups -OCH3 is 2. The van der Waals surface area contributed by atoms with Crippen LogP contribution in [0.15, 0.2) is 50.2 Å². The third-order valence-corrected chi connectivity index (χ3v) is 8.33. The van der Waals surface area contributed by atoms with Crippen molar-refractivity contribution in [3.63, 3.8) is 0 Å². The highest BCUT2D eigenvalue weighted by Crippen LogP contribution is 2.33. The van der Waals surface area contributed by atoms with E-state index < -0.39 is 10.0 Å². The first kappa shape index (κ1) is 22.9. The molecular formula is C20H21Br2N3O4S. The number of hydrogen-bond acceptors (Lipinski definition) is 6. The number of hydrogen-bond donors (Lipinski definition) is 0. The Morgan fingerprint density at radius 3 is 2.40 bits per heavy atom. The van der Waals surface area contributed by atoms with Gasteiger partial charge < -0.3 is 14.4 Å². The number of halogens is 2. The van der Waals surface area contributed by atoms with Crippen molar-refractivity contribution in [2.45, 2.75) is 23.9 Å². The van der Waals surface area contributed by atoms with E-state index in [4.69, 9.17) is 9.47 Å². The summed E-state index contributed by atoms with van der Waals surface area (Å²) in [5.74, 6) is 1.16. The van der Waals surface area contributed by atoms with Gasteiger partial charge in [-0.1, -0.05) is 15.9 Å². The van der Waals surface area contributed by atoms with E-state index in [9.17, 15) is 13.7 Å². The fourth-order valence-corrected chi connectivity index (χ4v) is 6.52. The third kappa shape index (κ3) is 4.91. The Balaban J connectivity index is 2.06. The average Bonchev–Trinajstić information content (AvgIpc) is 3.22. The van der Waals surface area contributed by atoms with Crippen molar-refractivity contribution < 1.29 is 17.9 Å². The van der Waals surface area contributed by atoms with Gasteiger partial charge in [0.2, 0.25) is 10.0 Å². The molecule has 30 heavy (non-hydrogen) atoms. The summed E-state index contributed by atoms with van der Waals surface area (Å²) in [5, 5.41) is 9.25. The van der Waals surface area contributed by atoms with Gasteiger partial charge >= 0.3 is 0 Å². The molecule has 160 valence electrons. The lowest BCUT2D eigenvalue weighted by Gasteiger charge is -2.28. The van der Waals surface area contributed by atoms with Crippen molar-refractivity contribution in [2.24, 2.45) is 0 Å². The molecule has 10 heteroatoms. The highest BCUT2D eigenvalue weighted by molar-refractivity contribution is 9.11. The van der Waals surface area contributed by atoms with E-state index in [1.807, 2.05) is 0 Å². The summed E-state index contributed by atoms with van der Waals surface area (Å²) in [4.78, 5) is 1.75. The molecule has 0 bridgehead atoms. The molecule has 1 fully saturated rings. The van der Waals surface area contributed by atoms with E-state index in [2.05, 4.69) is 38.1 Å². The minimum atomic E-state index is -3.87. The number of nitriles is 1. The van der Waals surface area contributed by atoms with Gasteiger partial charge in [0.15, 0.2) is 6.19 Å². The fraction of sp³-hybridized carbons (Fsp3) is 0.350. The van der Waals surface area contributed by atoms with Crippen LogP contribution in [0, 0.1) is 11.5 Å². The normalized spacial score (nSPS) is 16.5. The molecule has 0 amide bonds. The van der Waals surface area contributed by atoms with Crippen LogP contribution in [0.3, 0.4) is 0 Å². The molecule has 2 aromatic carbocycles. The van der Waals surface area contributed by atoms with Crippen LogP contribution < -0.4 is 9.47 Å². The third-order valence-electron chi connectivity index (χ3n) is 4.94. The second-order valence-electron chi connectivity index (χ2n) is 6.83. The standard InChI is InChI=1S/C20H21Br2N3O4S/c1-28-17-7-14(8-18(10-17)29-2)11-25(16-5-6-24(12-16)13-23)30(26,27)20-9-15(21)3-4-19(20)22/h3-4,7-10,16H,5-6,11-12H2,1-2H3. The maximum absolute atomic E-state index is 13.7. The predicted molar refractivity (Wildman–Crippen MR) is 120 cm³/mol. The Kier molecular flexibility index (Phi) is 7.29. The van der Waals surface area contributed by atoms with Crippen LogP contribution in [-0.2, 0) is 16.6 Å². The maximum atomic E-state index is 13.7. The van der Waals surface area contributed by atoms with E-state index in [1.54, 1.807) is 55.5 Å². The summed E-state index contributed by atoms with van der Waals surface area (Å²) in [6, 6.07) is 10.0. The van der Waals surface area contributed by atoms with Gasteiger partial charge in [0.05, 0.1) is 19.1 Å². The number of nitrogens with zero attached hydrogens (tertiary/aromatic N) is 3. The minimum absolute atomic E-state index is 0.124. The first-order chi connectivity index (χ1) is 14.3. The molecule has 1 saturated heterocycles.